The first kappa shape index (κ1) is 17.8. The summed E-state index contributed by atoms with van der Waals surface area (Å²) in [4.78, 5) is 9.78. The van der Waals surface area contributed by atoms with Crippen molar-refractivity contribution >= 4 is 16.9 Å². The van der Waals surface area contributed by atoms with Crippen molar-refractivity contribution in [1.82, 2.24) is 9.80 Å². The number of hydrogen-bond donors (Lipinski definition) is 0. The number of rotatable bonds is 6. The maximum absolute atomic E-state index is 5.44. The smallest absolute Gasteiger partial charge is 0.159 e. The van der Waals surface area contributed by atoms with Crippen molar-refractivity contribution in [2.75, 3.05) is 51.7 Å². The van der Waals surface area contributed by atoms with Crippen molar-refractivity contribution in [3.63, 3.8) is 0 Å². The van der Waals surface area contributed by atoms with Crippen LogP contribution in [0.3, 0.4) is 0 Å². The van der Waals surface area contributed by atoms with E-state index in [0.717, 1.165) is 52.5 Å². The van der Waals surface area contributed by atoms with Gasteiger partial charge in [0.15, 0.2) is 5.17 Å². The lowest BCUT2D eigenvalue weighted by Gasteiger charge is -2.30. The minimum atomic E-state index is 0.885. The predicted molar refractivity (Wildman–Crippen MR) is 103 cm³/mol. The summed E-state index contributed by atoms with van der Waals surface area (Å²) in [6.07, 6.45) is 2.39. The lowest BCUT2D eigenvalue weighted by molar-refractivity contribution is 0.0368. The molecule has 5 heteroatoms. The molecular weight excluding hydrogens is 318 g/mol. The van der Waals surface area contributed by atoms with Gasteiger partial charge < -0.3 is 9.64 Å². The molecule has 0 bridgehead atoms. The molecule has 3 rings (SSSR count). The summed E-state index contributed by atoms with van der Waals surface area (Å²) in [5.41, 5.74) is 2.70. The van der Waals surface area contributed by atoms with Crippen LogP contribution < -0.4 is 0 Å². The Hall–Kier alpha value is -1.04. The normalized spacial score (nSPS) is 19.1. The van der Waals surface area contributed by atoms with Crippen molar-refractivity contribution < 1.29 is 4.74 Å². The standard InChI is InChI=1S/C19H29N3OS/c1-17-4-6-18(7-5-17)16-22(19-20-8-2-15-24-19)10-3-9-21-11-13-23-14-12-21/h4-7H,2-3,8-16H2,1H3. The van der Waals surface area contributed by atoms with Crippen LogP contribution in [0.4, 0.5) is 0 Å². The Morgan fingerprint density at radius 2 is 2.00 bits per heavy atom. The number of thioether (sulfide) groups is 1. The van der Waals surface area contributed by atoms with Gasteiger partial charge in [0.05, 0.1) is 13.2 Å². The van der Waals surface area contributed by atoms with Gasteiger partial charge in [-0.2, -0.15) is 0 Å². The number of benzene rings is 1. The zero-order chi connectivity index (χ0) is 16.6. The second-order valence-corrected chi connectivity index (χ2v) is 7.64. The Balaban J connectivity index is 1.56. The Morgan fingerprint density at radius 1 is 1.21 bits per heavy atom. The SMILES string of the molecule is Cc1ccc(CN(CCCN2CCOCC2)C2=NCCCS2)cc1. The average Bonchev–Trinajstić information content (AvgIpc) is 2.64. The highest BCUT2D eigenvalue weighted by Gasteiger charge is 2.16. The maximum Gasteiger partial charge on any atom is 0.159 e. The second kappa shape index (κ2) is 9.44. The fourth-order valence-corrected chi connectivity index (χ4v) is 4.08. The summed E-state index contributed by atoms with van der Waals surface area (Å²) in [7, 11) is 0. The van der Waals surface area contributed by atoms with Crippen molar-refractivity contribution in [3.8, 4) is 0 Å². The van der Waals surface area contributed by atoms with Crippen LogP contribution in [0.25, 0.3) is 0 Å². The van der Waals surface area contributed by atoms with Gasteiger partial charge in [0.2, 0.25) is 0 Å². The molecule has 0 spiro atoms. The number of morpholine rings is 1. The highest BCUT2D eigenvalue weighted by Crippen LogP contribution is 2.19. The van der Waals surface area contributed by atoms with Crippen molar-refractivity contribution in [2.45, 2.75) is 26.3 Å². The van der Waals surface area contributed by atoms with Crippen LogP contribution in [0.1, 0.15) is 24.0 Å². The fraction of sp³-hybridized carbons (Fsp3) is 0.632. The van der Waals surface area contributed by atoms with Crippen LogP contribution in [0.2, 0.25) is 0 Å². The highest BCUT2D eigenvalue weighted by atomic mass is 32.2. The third-order valence-electron chi connectivity index (χ3n) is 4.55. The summed E-state index contributed by atoms with van der Waals surface area (Å²) in [6.45, 7) is 10.3. The molecule has 132 valence electrons. The molecule has 1 saturated heterocycles. The van der Waals surface area contributed by atoms with E-state index in [0.29, 0.717) is 0 Å². The van der Waals surface area contributed by atoms with Gasteiger partial charge in [-0.1, -0.05) is 41.6 Å². The summed E-state index contributed by atoms with van der Waals surface area (Å²) in [5.74, 6) is 1.20. The molecule has 0 unspecified atom stereocenters. The first-order chi connectivity index (χ1) is 11.8. The van der Waals surface area contributed by atoms with E-state index < -0.39 is 0 Å². The molecule has 4 nitrogen and oxygen atoms in total. The molecule has 24 heavy (non-hydrogen) atoms. The van der Waals surface area contributed by atoms with Crippen LogP contribution in [0.15, 0.2) is 29.3 Å². The van der Waals surface area contributed by atoms with Gasteiger partial charge in [0, 0.05) is 45.0 Å². The quantitative estimate of drug-likeness (QED) is 0.791. The third kappa shape index (κ3) is 5.50. The van der Waals surface area contributed by atoms with E-state index in [4.69, 9.17) is 9.73 Å². The molecular formula is C19H29N3OS. The maximum atomic E-state index is 5.44. The Labute approximate surface area is 150 Å². The van der Waals surface area contributed by atoms with E-state index in [1.165, 1.54) is 34.9 Å². The Morgan fingerprint density at radius 3 is 2.71 bits per heavy atom. The Bertz CT molecular complexity index is 526. The second-order valence-electron chi connectivity index (χ2n) is 6.58. The Kier molecular flexibility index (Phi) is 6.99. The summed E-state index contributed by atoms with van der Waals surface area (Å²) in [5, 5.41) is 1.24. The van der Waals surface area contributed by atoms with Gasteiger partial charge in [-0.05, 0) is 25.3 Å². The number of nitrogens with zero attached hydrogens (tertiary/aromatic N) is 3. The van der Waals surface area contributed by atoms with Crippen molar-refractivity contribution in [2.24, 2.45) is 4.99 Å². The monoisotopic (exact) mass is 347 g/mol. The zero-order valence-corrected chi connectivity index (χ0v) is 15.6. The first-order valence-corrected chi connectivity index (χ1v) is 10.1. The molecule has 1 fully saturated rings. The first-order valence-electron chi connectivity index (χ1n) is 9.09. The molecule has 0 saturated carbocycles. The van der Waals surface area contributed by atoms with Gasteiger partial charge in [-0.15, -0.1) is 0 Å². The van der Waals surface area contributed by atoms with Gasteiger partial charge in [-0.3, -0.25) is 9.89 Å². The molecule has 2 heterocycles. The van der Waals surface area contributed by atoms with E-state index in [9.17, 15) is 0 Å². The summed E-state index contributed by atoms with van der Waals surface area (Å²) >= 11 is 1.92. The molecule has 0 aromatic heterocycles. The van der Waals surface area contributed by atoms with E-state index >= 15 is 0 Å². The highest BCUT2D eigenvalue weighted by molar-refractivity contribution is 8.13. The van der Waals surface area contributed by atoms with Crippen LogP contribution in [-0.2, 0) is 11.3 Å². The van der Waals surface area contributed by atoms with Crippen LogP contribution in [0, 0.1) is 6.92 Å². The largest absolute Gasteiger partial charge is 0.379 e. The number of ether oxygens (including phenoxy) is 1. The van der Waals surface area contributed by atoms with Crippen LogP contribution >= 0.6 is 11.8 Å². The van der Waals surface area contributed by atoms with E-state index in [1.807, 2.05) is 11.8 Å². The topological polar surface area (TPSA) is 28.1 Å². The summed E-state index contributed by atoms with van der Waals surface area (Å²) < 4.78 is 5.44. The molecule has 2 aliphatic rings. The molecule has 0 aliphatic carbocycles. The lowest BCUT2D eigenvalue weighted by atomic mass is 10.1. The van der Waals surface area contributed by atoms with E-state index in [2.05, 4.69) is 41.0 Å². The molecule has 0 N–H and O–H groups in total. The number of hydrogen-bond acceptors (Lipinski definition) is 5. The van der Waals surface area contributed by atoms with Gasteiger partial charge >= 0.3 is 0 Å². The van der Waals surface area contributed by atoms with E-state index in [-0.39, 0.29) is 0 Å². The molecule has 0 amide bonds. The van der Waals surface area contributed by atoms with Crippen LogP contribution in [-0.4, -0.2) is 66.7 Å². The van der Waals surface area contributed by atoms with Gasteiger partial charge in [0.25, 0.3) is 0 Å². The molecule has 1 aromatic rings. The number of aliphatic imine (C=N–C) groups is 1. The molecule has 2 aliphatic heterocycles. The lowest BCUT2D eigenvalue weighted by Crippen LogP contribution is -2.39. The molecule has 0 atom stereocenters. The minimum Gasteiger partial charge on any atom is -0.379 e. The molecule has 0 radical (unpaired) electrons. The van der Waals surface area contributed by atoms with Crippen molar-refractivity contribution in [1.29, 1.82) is 0 Å². The minimum absolute atomic E-state index is 0.885. The number of amidine groups is 1. The average molecular weight is 348 g/mol. The zero-order valence-electron chi connectivity index (χ0n) is 14.7. The van der Waals surface area contributed by atoms with Gasteiger partial charge in [-0.25, -0.2) is 0 Å². The molecule has 1 aromatic carbocycles. The van der Waals surface area contributed by atoms with Gasteiger partial charge in [0.1, 0.15) is 0 Å². The van der Waals surface area contributed by atoms with Crippen LogP contribution in [0.5, 0.6) is 0 Å². The summed E-state index contributed by atoms with van der Waals surface area (Å²) in [6, 6.07) is 8.91. The third-order valence-corrected chi connectivity index (χ3v) is 5.69. The fourth-order valence-electron chi connectivity index (χ4n) is 3.11. The van der Waals surface area contributed by atoms with E-state index in [1.54, 1.807) is 0 Å². The number of aryl methyl sites for hydroxylation is 1. The van der Waals surface area contributed by atoms with Crippen molar-refractivity contribution in [3.05, 3.63) is 35.4 Å². The predicted octanol–water partition coefficient (Wildman–Crippen LogP) is 3.01.